The van der Waals surface area contributed by atoms with Crippen LogP contribution >= 0.6 is 27.5 Å². The number of Topliss-reactive ketones (excluding diaryl/α,β-unsaturated/α-hetero) is 1. The van der Waals surface area contributed by atoms with Gasteiger partial charge >= 0.3 is 0 Å². The van der Waals surface area contributed by atoms with Gasteiger partial charge < -0.3 is 0 Å². The number of hydrogen-bond donors (Lipinski definition) is 0. The van der Waals surface area contributed by atoms with Crippen molar-refractivity contribution in [3.8, 4) is 0 Å². The molecule has 1 aromatic carbocycles. The molecule has 16 heavy (non-hydrogen) atoms. The fraction of sp³-hybridized carbons (Fsp3) is 0.364. The van der Waals surface area contributed by atoms with Gasteiger partial charge in [-0.25, -0.2) is 8.78 Å². The summed E-state index contributed by atoms with van der Waals surface area (Å²) in [4.78, 5) is 11.6. The topological polar surface area (TPSA) is 17.1 Å². The summed E-state index contributed by atoms with van der Waals surface area (Å²) < 4.78 is 25.5. The average molecular weight is 312 g/mol. The summed E-state index contributed by atoms with van der Waals surface area (Å²) in [5.74, 6) is -0.474. The molecular formula is C11H10BrClF2O. The van der Waals surface area contributed by atoms with Crippen molar-refractivity contribution < 1.29 is 13.6 Å². The zero-order chi connectivity index (χ0) is 12.3. The number of halogens is 4. The lowest BCUT2D eigenvalue weighted by Gasteiger charge is -2.10. The van der Waals surface area contributed by atoms with Crippen LogP contribution in [0.3, 0.4) is 0 Å². The van der Waals surface area contributed by atoms with Crippen LogP contribution in [0.25, 0.3) is 0 Å². The van der Waals surface area contributed by atoms with E-state index in [0.717, 1.165) is 0 Å². The van der Waals surface area contributed by atoms with E-state index in [1.165, 1.54) is 19.1 Å². The Labute approximate surface area is 106 Å². The molecule has 0 radical (unpaired) electrons. The van der Waals surface area contributed by atoms with Gasteiger partial charge in [0.15, 0.2) is 5.78 Å². The Morgan fingerprint density at radius 1 is 1.50 bits per heavy atom. The van der Waals surface area contributed by atoms with Gasteiger partial charge in [0.1, 0.15) is 0 Å². The van der Waals surface area contributed by atoms with E-state index in [2.05, 4.69) is 15.9 Å². The van der Waals surface area contributed by atoms with E-state index in [-0.39, 0.29) is 11.1 Å². The summed E-state index contributed by atoms with van der Waals surface area (Å²) in [6.45, 7) is 1.47. The molecule has 1 aromatic rings. The molecule has 0 heterocycles. The van der Waals surface area contributed by atoms with Crippen molar-refractivity contribution in [2.45, 2.75) is 24.1 Å². The summed E-state index contributed by atoms with van der Waals surface area (Å²) in [7, 11) is 0. The van der Waals surface area contributed by atoms with Crippen molar-refractivity contribution in [3.05, 3.63) is 34.9 Å². The molecule has 1 rings (SSSR count). The Morgan fingerprint density at radius 2 is 2.12 bits per heavy atom. The van der Waals surface area contributed by atoms with Crippen molar-refractivity contribution in [2.24, 2.45) is 0 Å². The number of rotatable bonds is 4. The van der Waals surface area contributed by atoms with Crippen molar-refractivity contribution in [1.82, 2.24) is 0 Å². The fourth-order valence-corrected chi connectivity index (χ4v) is 1.78. The van der Waals surface area contributed by atoms with E-state index in [4.69, 9.17) is 11.6 Å². The average Bonchev–Trinajstić information content (AvgIpc) is 2.26. The molecule has 0 aromatic heterocycles. The summed E-state index contributed by atoms with van der Waals surface area (Å²) >= 11 is 8.78. The fourth-order valence-electron chi connectivity index (χ4n) is 1.31. The van der Waals surface area contributed by atoms with Crippen LogP contribution in [0.4, 0.5) is 8.78 Å². The number of ketones is 1. The molecule has 0 aliphatic heterocycles. The first kappa shape index (κ1) is 13.6. The maximum atomic E-state index is 12.8. The molecule has 88 valence electrons. The molecule has 1 nitrogen and oxygen atoms in total. The highest BCUT2D eigenvalue weighted by Crippen LogP contribution is 2.26. The first-order valence-electron chi connectivity index (χ1n) is 4.62. The first-order chi connectivity index (χ1) is 7.47. The molecule has 0 bridgehead atoms. The largest absolute Gasteiger partial charge is 0.293 e. The molecule has 0 N–H and O–H groups in total. The summed E-state index contributed by atoms with van der Waals surface area (Å²) in [6, 6.07) is 4.36. The SMILES string of the molecule is CC(Cl)C(=O)c1ccc(CBr)cc1C(F)F. The lowest BCUT2D eigenvalue weighted by Crippen LogP contribution is -2.13. The van der Waals surface area contributed by atoms with Gasteiger partial charge in [0.2, 0.25) is 0 Å². The maximum Gasteiger partial charge on any atom is 0.264 e. The lowest BCUT2D eigenvalue weighted by molar-refractivity contribution is 0.0978. The molecule has 0 aliphatic rings. The van der Waals surface area contributed by atoms with E-state index < -0.39 is 17.6 Å². The maximum absolute atomic E-state index is 12.8. The van der Waals surface area contributed by atoms with Gasteiger partial charge in [0.25, 0.3) is 6.43 Å². The minimum atomic E-state index is -2.67. The standard InChI is InChI=1S/C11H10BrClF2O/c1-6(13)10(16)8-3-2-7(5-12)4-9(8)11(14)15/h2-4,6,11H,5H2,1H3. The van der Waals surface area contributed by atoms with E-state index >= 15 is 0 Å². The van der Waals surface area contributed by atoms with Gasteiger partial charge in [-0.2, -0.15) is 0 Å². The molecule has 5 heteroatoms. The third-order valence-electron chi connectivity index (χ3n) is 2.13. The molecule has 0 fully saturated rings. The second kappa shape index (κ2) is 5.73. The third-order valence-corrected chi connectivity index (χ3v) is 2.98. The van der Waals surface area contributed by atoms with E-state index in [1.807, 2.05) is 0 Å². The molecule has 1 atom stereocenters. The third kappa shape index (κ3) is 3.01. The molecular weight excluding hydrogens is 301 g/mol. The van der Waals surface area contributed by atoms with E-state index in [0.29, 0.717) is 10.9 Å². The van der Waals surface area contributed by atoms with E-state index in [9.17, 15) is 13.6 Å². The summed E-state index contributed by atoms with van der Waals surface area (Å²) in [5.41, 5.74) is 0.450. The molecule has 1 unspecified atom stereocenters. The predicted molar refractivity (Wildman–Crippen MR) is 63.7 cm³/mol. The van der Waals surface area contributed by atoms with Crippen LogP contribution < -0.4 is 0 Å². The van der Waals surface area contributed by atoms with Crippen LogP contribution in [-0.2, 0) is 5.33 Å². The predicted octanol–water partition coefficient (Wildman–Crippen LogP) is 4.33. The normalized spacial score (nSPS) is 12.9. The lowest BCUT2D eigenvalue weighted by atomic mass is 10.00. The highest BCUT2D eigenvalue weighted by Gasteiger charge is 2.21. The Balaban J connectivity index is 3.23. The molecule has 0 spiro atoms. The van der Waals surface area contributed by atoms with Gasteiger partial charge in [-0.1, -0.05) is 28.1 Å². The van der Waals surface area contributed by atoms with E-state index in [1.54, 1.807) is 6.07 Å². The minimum Gasteiger partial charge on any atom is -0.293 e. The molecule has 0 saturated carbocycles. The second-order valence-electron chi connectivity index (χ2n) is 3.34. The zero-order valence-electron chi connectivity index (χ0n) is 8.51. The van der Waals surface area contributed by atoms with Crippen molar-refractivity contribution >= 4 is 33.3 Å². The van der Waals surface area contributed by atoms with Crippen molar-refractivity contribution in [1.29, 1.82) is 0 Å². The van der Waals surface area contributed by atoms with Crippen LogP contribution in [0, 0.1) is 0 Å². The van der Waals surface area contributed by atoms with Crippen molar-refractivity contribution in [3.63, 3.8) is 0 Å². The molecule has 0 aliphatic carbocycles. The van der Waals surface area contributed by atoms with Crippen LogP contribution in [0.5, 0.6) is 0 Å². The summed E-state index contributed by atoms with van der Waals surface area (Å²) in [5, 5.41) is -0.329. The number of hydrogen-bond acceptors (Lipinski definition) is 1. The van der Waals surface area contributed by atoms with Gasteiger partial charge in [0.05, 0.1) is 5.38 Å². The number of benzene rings is 1. The minimum absolute atomic E-state index is 0.00204. The van der Waals surface area contributed by atoms with Crippen LogP contribution in [-0.4, -0.2) is 11.2 Å². The van der Waals surface area contributed by atoms with Gasteiger partial charge in [0, 0.05) is 16.5 Å². The second-order valence-corrected chi connectivity index (χ2v) is 4.55. The zero-order valence-corrected chi connectivity index (χ0v) is 10.9. The quantitative estimate of drug-likeness (QED) is 0.597. The van der Waals surface area contributed by atoms with Gasteiger partial charge in [-0.3, -0.25) is 4.79 Å². The number of carbonyl (C=O) groups excluding carboxylic acids is 1. The van der Waals surface area contributed by atoms with Crippen LogP contribution in [0.15, 0.2) is 18.2 Å². The Morgan fingerprint density at radius 3 is 2.56 bits per heavy atom. The monoisotopic (exact) mass is 310 g/mol. The number of alkyl halides is 4. The Hall–Kier alpha value is -0.480. The molecule has 0 saturated heterocycles. The number of carbonyl (C=O) groups is 1. The van der Waals surface area contributed by atoms with Gasteiger partial charge in [-0.15, -0.1) is 11.6 Å². The Kier molecular flexibility index (Phi) is 4.87. The summed E-state index contributed by atoms with van der Waals surface area (Å²) in [6.07, 6.45) is -2.67. The first-order valence-corrected chi connectivity index (χ1v) is 6.18. The van der Waals surface area contributed by atoms with Crippen LogP contribution in [0.1, 0.15) is 34.8 Å². The highest BCUT2D eigenvalue weighted by molar-refractivity contribution is 9.08. The Bertz CT molecular complexity index is 394. The van der Waals surface area contributed by atoms with Crippen molar-refractivity contribution in [2.75, 3.05) is 0 Å². The van der Waals surface area contributed by atoms with Gasteiger partial charge in [-0.05, 0) is 18.6 Å². The smallest absolute Gasteiger partial charge is 0.264 e. The molecule has 0 amide bonds. The highest BCUT2D eigenvalue weighted by atomic mass is 79.9. The van der Waals surface area contributed by atoms with Crippen LogP contribution in [0.2, 0.25) is 0 Å².